The molecule has 4 nitrogen and oxygen atoms in total. The highest BCUT2D eigenvalue weighted by molar-refractivity contribution is 9.10. The largest absolute Gasteiger partial charge is 0.480 e. The van der Waals surface area contributed by atoms with Crippen molar-refractivity contribution in [1.82, 2.24) is 4.98 Å². The zero-order chi connectivity index (χ0) is 11.3. The van der Waals surface area contributed by atoms with Crippen molar-refractivity contribution in [2.45, 2.75) is 18.2 Å². The van der Waals surface area contributed by atoms with Gasteiger partial charge in [-0.25, -0.2) is 4.98 Å². The number of nitrogens with one attached hydrogen (secondary N) is 1. The molecule has 1 unspecified atom stereocenters. The Bertz CT molecular complexity index is 344. The second kappa shape index (κ2) is 5.70. The number of aromatic nitrogens is 1. The van der Waals surface area contributed by atoms with E-state index in [2.05, 4.69) is 26.2 Å². The van der Waals surface area contributed by atoms with Crippen LogP contribution >= 0.6 is 15.9 Å². The van der Waals surface area contributed by atoms with E-state index >= 15 is 0 Å². The molecule has 1 heterocycles. The van der Waals surface area contributed by atoms with Gasteiger partial charge in [-0.15, -0.1) is 0 Å². The number of nitrogens with zero attached hydrogens (tertiary/aromatic N) is 1. The summed E-state index contributed by atoms with van der Waals surface area (Å²) in [6.45, 7) is 1.93. The molecule has 5 heteroatoms. The van der Waals surface area contributed by atoms with Crippen molar-refractivity contribution in [3.8, 4) is 5.88 Å². The molecular formula is C10H13BrN2O2. The number of rotatable bonds is 4. The second-order valence-electron chi connectivity index (χ2n) is 2.93. The van der Waals surface area contributed by atoms with Crippen LogP contribution in [0.1, 0.15) is 13.3 Å². The predicted molar refractivity (Wildman–Crippen MR) is 62.4 cm³/mol. The van der Waals surface area contributed by atoms with Gasteiger partial charge in [0.05, 0.1) is 11.9 Å². The molecule has 0 aromatic carbocycles. The van der Waals surface area contributed by atoms with Crippen LogP contribution in [0.4, 0.5) is 5.69 Å². The van der Waals surface area contributed by atoms with E-state index in [4.69, 9.17) is 4.74 Å². The van der Waals surface area contributed by atoms with E-state index in [0.29, 0.717) is 11.6 Å². The third-order valence-electron chi connectivity index (χ3n) is 1.87. The van der Waals surface area contributed by atoms with E-state index in [1.54, 1.807) is 18.3 Å². The minimum Gasteiger partial charge on any atom is -0.480 e. The van der Waals surface area contributed by atoms with E-state index in [0.717, 1.165) is 6.42 Å². The summed E-state index contributed by atoms with van der Waals surface area (Å²) in [4.78, 5) is 15.4. The first kappa shape index (κ1) is 12.0. The molecule has 0 spiro atoms. The summed E-state index contributed by atoms with van der Waals surface area (Å²) in [7, 11) is 1.52. The number of amides is 1. The molecule has 0 saturated carbocycles. The number of carbonyl (C=O) groups is 1. The summed E-state index contributed by atoms with van der Waals surface area (Å²) in [6.07, 6.45) is 2.34. The van der Waals surface area contributed by atoms with Gasteiger partial charge in [-0.05, 0) is 18.6 Å². The number of halogens is 1. The van der Waals surface area contributed by atoms with Crippen LogP contribution in [0.5, 0.6) is 5.88 Å². The van der Waals surface area contributed by atoms with Gasteiger partial charge in [0.25, 0.3) is 0 Å². The minimum absolute atomic E-state index is 0.0937. The van der Waals surface area contributed by atoms with Gasteiger partial charge >= 0.3 is 0 Å². The van der Waals surface area contributed by atoms with Gasteiger partial charge in [0.1, 0.15) is 5.69 Å². The molecule has 0 aliphatic rings. The lowest BCUT2D eigenvalue weighted by Gasteiger charge is -2.10. The van der Waals surface area contributed by atoms with E-state index < -0.39 is 0 Å². The maximum atomic E-state index is 11.6. The Morgan fingerprint density at radius 2 is 2.47 bits per heavy atom. The zero-order valence-electron chi connectivity index (χ0n) is 8.66. The van der Waals surface area contributed by atoms with Crippen LogP contribution in [-0.4, -0.2) is 22.8 Å². The van der Waals surface area contributed by atoms with Gasteiger partial charge < -0.3 is 10.1 Å². The van der Waals surface area contributed by atoms with Crippen molar-refractivity contribution in [1.29, 1.82) is 0 Å². The van der Waals surface area contributed by atoms with Crippen LogP contribution in [0.2, 0.25) is 0 Å². The van der Waals surface area contributed by atoms with Crippen molar-refractivity contribution in [2.24, 2.45) is 0 Å². The van der Waals surface area contributed by atoms with Gasteiger partial charge in [0, 0.05) is 6.20 Å². The minimum atomic E-state index is -0.192. The van der Waals surface area contributed by atoms with E-state index in [-0.39, 0.29) is 10.7 Å². The Morgan fingerprint density at radius 1 is 1.73 bits per heavy atom. The van der Waals surface area contributed by atoms with Gasteiger partial charge in [0.15, 0.2) is 0 Å². The molecule has 1 rings (SSSR count). The van der Waals surface area contributed by atoms with Crippen molar-refractivity contribution in [3.63, 3.8) is 0 Å². The molecule has 1 aromatic heterocycles. The fourth-order valence-corrected chi connectivity index (χ4v) is 1.16. The second-order valence-corrected chi connectivity index (χ2v) is 4.03. The average molecular weight is 273 g/mol. The molecule has 1 aromatic rings. The quantitative estimate of drug-likeness (QED) is 0.855. The van der Waals surface area contributed by atoms with Crippen LogP contribution < -0.4 is 10.1 Å². The Morgan fingerprint density at radius 3 is 3.07 bits per heavy atom. The smallest absolute Gasteiger partial charge is 0.238 e. The summed E-state index contributed by atoms with van der Waals surface area (Å²) in [6, 6.07) is 3.49. The van der Waals surface area contributed by atoms with Crippen LogP contribution in [0, 0.1) is 0 Å². The zero-order valence-corrected chi connectivity index (χ0v) is 10.2. The number of hydrogen-bond acceptors (Lipinski definition) is 3. The molecule has 0 aliphatic carbocycles. The maximum absolute atomic E-state index is 11.6. The van der Waals surface area contributed by atoms with E-state index in [9.17, 15) is 4.79 Å². The molecule has 1 amide bonds. The monoisotopic (exact) mass is 272 g/mol. The van der Waals surface area contributed by atoms with Crippen LogP contribution in [0.3, 0.4) is 0 Å². The molecule has 0 aliphatic heterocycles. The van der Waals surface area contributed by atoms with Crippen molar-refractivity contribution in [2.75, 3.05) is 12.4 Å². The molecule has 15 heavy (non-hydrogen) atoms. The van der Waals surface area contributed by atoms with Crippen molar-refractivity contribution >= 4 is 27.5 Å². The molecule has 0 bridgehead atoms. The Balaban J connectivity index is 2.76. The predicted octanol–water partition coefficient (Wildman–Crippen LogP) is 2.20. The first-order valence-electron chi connectivity index (χ1n) is 4.63. The summed E-state index contributed by atoms with van der Waals surface area (Å²) < 4.78 is 5.02. The summed E-state index contributed by atoms with van der Waals surface area (Å²) in [5.41, 5.74) is 0.586. The number of carbonyl (C=O) groups excluding carboxylic acids is 1. The number of ether oxygens (including phenoxy) is 1. The van der Waals surface area contributed by atoms with Crippen LogP contribution in [0.25, 0.3) is 0 Å². The SMILES string of the molecule is CCC(Br)C(=O)Nc1cccnc1OC. The fourth-order valence-electron chi connectivity index (χ4n) is 1.05. The highest BCUT2D eigenvalue weighted by Crippen LogP contribution is 2.20. The summed E-state index contributed by atoms with van der Waals surface area (Å²) in [5.74, 6) is 0.324. The molecule has 0 fully saturated rings. The molecule has 0 saturated heterocycles. The fraction of sp³-hybridized carbons (Fsp3) is 0.400. The lowest BCUT2D eigenvalue weighted by atomic mass is 10.3. The van der Waals surface area contributed by atoms with Gasteiger partial charge in [-0.2, -0.15) is 0 Å². The third-order valence-corrected chi connectivity index (χ3v) is 2.93. The number of pyridine rings is 1. The molecule has 82 valence electrons. The van der Waals surface area contributed by atoms with Gasteiger partial charge in [-0.3, -0.25) is 4.79 Å². The van der Waals surface area contributed by atoms with Crippen molar-refractivity contribution in [3.05, 3.63) is 18.3 Å². The molecule has 1 atom stereocenters. The first-order chi connectivity index (χ1) is 7.19. The lowest BCUT2D eigenvalue weighted by molar-refractivity contribution is -0.115. The summed E-state index contributed by atoms with van der Waals surface area (Å²) >= 11 is 3.27. The van der Waals surface area contributed by atoms with E-state index in [1.165, 1.54) is 7.11 Å². The Labute approximate surface area is 97.2 Å². The van der Waals surface area contributed by atoms with Gasteiger partial charge in [-0.1, -0.05) is 22.9 Å². The van der Waals surface area contributed by atoms with Crippen molar-refractivity contribution < 1.29 is 9.53 Å². The molecular weight excluding hydrogens is 260 g/mol. The number of anilines is 1. The van der Waals surface area contributed by atoms with E-state index in [1.807, 2.05) is 6.92 Å². The van der Waals surface area contributed by atoms with Crippen LogP contribution in [-0.2, 0) is 4.79 Å². The van der Waals surface area contributed by atoms with Gasteiger partial charge in [0.2, 0.25) is 11.8 Å². The maximum Gasteiger partial charge on any atom is 0.238 e. The Hall–Kier alpha value is -1.10. The number of hydrogen-bond donors (Lipinski definition) is 1. The van der Waals surface area contributed by atoms with Crippen LogP contribution in [0.15, 0.2) is 18.3 Å². The average Bonchev–Trinajstić information content (AvgIpc) is 2.28. The highest BCUT2D eigenvalue weighted by atomic mass is 79.9. The Kier molecular flexibility index (Phi) is 4.55. The third kappa shape index (κ3) is 3.20. The first-order valence-corrected chi connectivity index (χ1v) is 5.54. The number of alkyl halides is 1. The number of methoxy groups -OCH3 is 1. The molecule has 1 N–H and O–H groups in total. The lowest BCUT2D eigenvalue weighted by Crippen LogP contribution is -2.22. The summed E-state index contributed by atoms with van der Waals surface area (Å²) in [5, 5.41) is 2.74. The standard InChI is InChI=1S/C10H13BrN2O2/c1-3-7(11)9(14)13-8-5-4-6-12-10(8)15-2/h4-7H,3H2,1-2H3,(H,13,14). The topological polar surface area (TPSA) is 51.2 Å². The highest BCUT2D eigenvalue weighted by Gasteiger charge is 2.14. The molecule has 0 radical (unpaired) electrons. The normalized spacial score (nSPS) is 11.9.